The Morgan fingerprint density at radius 2 is 1.92 bits per heavy atom. The fourth-order valence-electron chi connectivity index (χ4n) is 8.99. The van der Waals surface area contributed by atoms with Crippen molar-refractivity contribution >= 4 is 22.7 Å². The Morgan fingerprint density at radius 3 is 2.67 bits per heavy atom. The Bertz CT molecular complexity index is 1460. The number of aromatic amines is 1. The van der Waals surface area contributed by atoms with Gasteiger partial charge in [0.1, 0.15) is 17.3 Å². The Labute approximate surface area is 228 Å². The summed E-state index contributed by atoms with van der Waals surface area (Å²) in [4.78, 5) is 32.0. The van der Waals surface area contributed by atoms with E-state index in [2.05, 4.69) is 37.0 Å². The molecule has 39 heavy (non-hydrogen) atoms. The van der Waals surface area contributed by atoms with E-state index < -0.39 is 46.0 Å². The third-order valence-corrected chi connectivity index (χ3v) is 11.0. The first-order valence-electron chi connectivity index (χ1n) is 14.1. The van der Waals surface area contributed by atoms with E-state index in [1.54, 1.807) is 11.0 Å². The van der Waals surface area contributed by atoms with E-state index >= 15 is 0 Å². The van der Waals surface area contributed by atoms with Crippen molar-refractivity contribution < 1.29 is 28.9 Å². The van der Waals surface area contributed by atoms with Crippen molar-refractivity contribution in [2.24, 2.45) is 11.3 Å². The number of aliphatic hydroxyl groups is 1. The highest BCUT2D eigenvalue weighted by Crippen LogP contribution is 2.72. The summed E-state index contributed by atoms with van der Waals surface area (Å²) in [6.45, 7) is 8.17. The SMILES string of the molecule is CN(C)CC(=O)O[C@H]1CC2Cc3c([nH]c4ccccc34)[C@]2(C)C2(C)CCC34OC(C(=O)C=C3[C@]12O)C(C)(C)O4. The molecular formula is C31H38N2O6. The van der Waals surface area contributed by atoms with Gasteiger partial charge in [0.15, 0.2) is 17.7 Å². The third-order valence-electron chi connectivity index (χ3n) is 11.0. The number of para-hydroxylation sites is 1. The van der Waals surface area contributed by atoms with Crippen molar-refractivity contribution in [2.45, 2.75) is 88.0 Å². The molecule has 0 radical (unpaired) electrons. The van der Waals surface area contributed by atoms with Gasteiger partial charge in [-0.1, -0.05) is 32.0 Å². The number of carbonyl (C=O) groups is 2. The maximum atomic E-state index is 13.4. The van der Waals surface area contributed by atoms with Crippen LogP contribution in [0.4, 0.5) is 0 Å². The average Bonchev–Trinajstić information content (AvgIpc) is 3.44. The number of nitrogens with one attached hydrogen (secondary N) is 1. The van der Waals surface area contributed by atoms with Crippen LogP contribution in [0.2, 0.25) is 0 Å². The minimum absolute atomic E-state index is 0.0974. The van der Waals surface area contributed by atoms with Crippen LogP contribution in [0.15, 0.2) is 35.9 Å². The number of likely N-dealkylation sites (N-methyl/N-ethyl adjacent to an activating group) is 1. The predicted molar refractivity (Wildman–Crippen MR) is 144 cm³/mol. The topological polar surface area (TPSA) is 101 Å². The standard InChI is InChI=1S/C31H38N2O6/c1-27(2)26-21(34)15-22-30(38-26,39-27)12-11-28(3)29(4)17(13-19-18-9-7-8-10-20(18)32-25(19)29)14-23(31(22,28)36)37-24(35)16-33(5)6/h7-10,15,17,23,26,32,36H,11-14,16H2,1-6H3/t17?,23-,26?,28?,29+,30?,31-/m0/s1. The van der Waals surface area contributed by atoms with E-state index in [1.807, 2.05) is 34.0 Å². The first-order valence-corrected chi connectivity index (χ1v) is 14.1. The van der Waals surface area contributed by atoms with Crippen LogP contribution in [-0.4, -0.2) is 76.6 Å². The van der Waals surface area contributed by atoms with Crippen molar-refractivity contribution in [2.75, 3.05) is 20.6 Å². The quantitative estimate of drug-likeness (QED) is 0.582. The lowest BCUT2D eigenvalue weighted by Crippen LogP contribution is -2.75. The molecule has 1 spiro atoms. The Balaban J connectivity index is 1.43. The van der Waals surface area contributed by atoms with E-state index in [9.17, 15) is 14.7 Å². The molecule has 3 heterocycles. The smallest absolute Gasteiger partial charge is 0.320 e. The molecule has 7 rings (SSSR count). The van der Waals surface area contributed by atoms with Crippen molar-refractivity contribution in [1.29, 1.82) is 0 Å². The molecule has 8 heteroatoms. The lowest BCUT2D eigenvalue weighted by Gasteiger charge is -2.67. The van der Waals surface area contributed by atoms with Gasteiger partial charge in [0.25, 0.3) is 0 Å². The molecule has 1 aromatic carbocycles. The normalized spacial score (nSPS) is 41.6. The fourth-order valence-corrected chi connectivity index (χ4v) is 8.99. The zero-order valence-corrected chi connectivity index (χ0v) is 23.6. The van der Waals surface area contributed by atoms with E-state index in [0.29, 0.717) is 24.8 Å². The zero-order chi connectivity index (χ0) is 27.8. The van der Waals surface area contributed by atoms with Gasteiger partial charge in [-0.25, -0.2) is 0 Å². The highest BCUT2D eigenvalue weighted by Gasteiger charge is 2.78. The number of hydrogen-bond donors (Lipinski definition) is 2. The summed E-state index contributed by atoms with van der Waals surface area (Å²) >= 11 is 0. The average molecular weight is 535 g/mol. The van der Waals surface area contributed by atoms with Crippen LogP contribution in [-0.2, 0) is 35.6 Å². The molecule has 5 aliphatic rings. The summed E-state index contributed by atoms with van der Waals surface area (Å²) < 4.78 is 19.1. The monoisotopic (exact) mass is 534 g/mol. The summed E-state index contributed by atoms with van der Waals surface area (Å²) in [6, 6.07) is 8.33. The molecule has 4 unspecified atom stereocenters. The molecular weight excluding hydrogens is 496 g/mol. The highest BCUT2D eigenvalue weighted by atomic mass is 16.8. The molecule has 3 fully saturated rings. The van der Waals surface area contributed by atoms with Crippen LogP contribution in [0.3, 0.4) is 0 Å². The second-order valence-corrected chi connectivity index (χ2v) is 13.6. The van der Waals surface area contributed by atoms with Gasteiger partial charge in [-0.2, -0.15) is 0 Å². The number of ether oxygens (including phenoxy) is 3. The molecule has 3 aliphatic carbocycles. The Morgan fingerprint density at radius 1 is 1.18 bits per heavy atom. The van der Waals surface area contributed by atoms with Crippen molar-refractivity contribution in [3.8, 4) is 0 Å². The molecule has 2 saturated carbocycles. The fraction of sp³-hybridized carbons (Fsp3) is 0.613. The van der Waals surface area contributed by atoms with Gasteiger partial charge < -0.3 is 24.3 Å². The summed E-state index contributed by atoms with van der Waals surface area (Å²) in [5.74, 6) is -1.72. The lowest BCUT2D eigenvalue weighted by molar-refractivity contribution is -0.277. The first kappa shape index (κ1) is 25.4. The summed E-state index contributed by atoms with van der Waals surface area (Å²) in [6.07, 6.45) is 2.33. The van der Waals surface area contributed by atoms with Crippen LogP contribution in [0.25, 0.3) is 10.9 Å². The molecule has 7 atom stereocenters. The van der Waals surface area contributed by atoms with Crippen LogP contribution in [0, 0.1) is 11.3 Å². The predicted octanol–water partition coefficient (Wildman–Crippen LogP) is 3.41. The second-order valence-electron chi connectivity index (χ2n) is 13.6. The van der Waals surface area contributed by atoms with Gasteiger partial charge in [-0.05, 0) is 70.8 Å². The Kier molecular flexibility index (Phi) is 4.96. The summed E-state index contributed by atoms with van der Waals surface area (Å²) in [5, 5.41) is 14.4. The van der Waals surface area contributed by atoms with Gasteiger partial charge >= 0.3 is 5.97 Å². The molecule has 2 aliphatic heterocycles. The number of rotatable bonds is 3. The Hall–Kier alpha value is -2.52. The number of fused-ring (bicyclic) bond motifs is 9. The number of esters is 1. The van der Waals surface area contributed by atoms with Gasteiger partial charge in [-0.15, -0.1) is 0 Å². The van der Waals surface area contributed by atoms with Gasteiger partial charge in [0.05, 0.1) is 6.54 Å². The molecule has 8 nitrogen and oxygen atoms in total. The van der Waals surface area contributed by atoms with Crippen molar-refractivity contribution in [1.82, 2.24) is 9.88 Å². The van der Waals surface area contributed by atoms with E-state index in [1.165, 1.54) is 10.9 Å². The molecule has 0 amide bonds. The number of H-pyrrole nitrogens is 1. The molecule has 2 bridgehead atoms. The molecule has 1 aromatic heterocycles. The number of ketones is 1. The lowest BCUT2D eigenvalue weighted by atomic mass is 9.41. The van der Waals surface area contributed by atoms with Gasteiger partial charge in [0, 0.05) is 39.4 Å². The zero-order valence-electron chi connectivity index (χ0n) is 23.6. The van der Waals surface area contributed by atoms with Crippen molar-refractivity contribution in [3.63, 3.8) is 0 Å². The molecule has 1 saturated heterocycles. The van der Waals surface area contributed by atoms with Crippen LogP contribution < -0.4 is 0 Å². The number of nitrogens with zero attached hydrogens (tertiary/aromatic N) is 1. The molecule has 208 valence electrons. The van der Waals surface area contributed by atoms with Crippen LogP contribution in [0.1, 0.15) is 58.2 Å². The van der Waals surface area contributed by atoms with E-state index in [4.69, 9.17) is 14.2 Å². The van der Waals surface area contributed by atoms with Crippen LogP contribution in [0.5, 0.6) is 0 Å². The number of aromatic nitrogens is 1. The number of carbonyl (C=O) groups excluding carboxylic acids is 2. The number of benzene rings is 1. The number of hydrogen-bond acceptors (Lipinski definition) is 7. The third kappa shape index (κ3) is 2.93. The summed E-state index contributed by atoms with van der Waals surface area (Å²) in [7, 11) is 3.62. The van der Waals surface area contributed by atoms with Gasteiger partial charge in [0.2, 0.25) is 0 Å². The van der Waals surface area contributed by atoms with Gasteiger partial charge in [-0.3, -0.25) is 14.5 Å². The second kappa shape index (κ2) is 7.60. The van der Waals surface area contributed by atoms with Crippen LogP contribution >= 0.6 is 0 Å². The first-order chi connectivity index (χ1) is 18.3. The molecule has 2 aromatic rings. The summed E-state index contributed by atoms with van der Waals surface area (Å²) in [5.41, 5.74) is 0.109. The van der Waals surface area contributed by atoms with Crippen molar-refractivity contribution in [3.05, 3.63) is 47.2 Å². The maximum Gasteiger partial charge on any atom is 0.320 e. The minimum Gasteiger partial charge on any atom is -0.458 e. The highest BCUT2D eigenvalue weighted by molar-refractivity contribution is 5.97. The maximum absolute atomic E-state index is 13.4. The van der Waals surface area contributed by atoms with E-state index in [-0.39, 0.29) is 18.2 Å². The minimum atomic E-state index is -1.68. The largest absolute Gasteiger partial charge is 0.458 e. The molecule has 2 N–H and O–H groups in total. The van der Waals surface area contributed by atoms with E-state index in [0.717, 1.165) is 17.6 Å².